The zero-order valence-corrected chi connectivity index (χ0v) is 19.3. The molecule has 1 N–H and O–H groups in total. The minimum atomic E-state index is -0.0244. The van der Waals surface area contributed by atoms with Gasteiger partial charge in [-0.25, -0.2) is 4.98 Å². The second-order valence-corrected chi connectivity index (χ2v) is 7.65. The van der Waals surface area contributed by atoms with Crippen LogP contribution in [0, 0.1) is 0 Å². The van der Waals surface area contributed by atoms with E-state index in [0.717, 1.165) is 51.4 Å². The zero-order valence-electron chi connectivity index (χ0n) is 18.5. The largest absolute Gasteiger partial charge is 0.369 e. The Labute approximate surface area is 186 Å². The lowest BCUT2D eigenvalue weighted by Crippen LogP contribution is -2.47. The van der Waals surface area contributed by atoms with E-state index in [1.807, 2.05) is 12.1 Å². The number of aryl methyl sites for hydroxylation is 1. The van der Waals surface area contributed by atoms with Crippen LogP contribution in [0.3, 0.4) is 0 Å². The highest BCUT2D eigenvalue weighted by Gasteiger charge is 2.22. The van der Waals surface area contributed by atoms with Gasteiger partial charge >= 0.3 is 0 Å². The van der Waals surface area contributed by atoms with Crippen LogP contribution in [0.2, 0.25) is 0 Å². The number of halogens is 1. The van der Waals surface area contributed by atoms with E-state index in [2.05, 4.69) is 53.2 Å². The number of benzene rings is 1. The first-order chi connectivity index (χ1) is 14.0. The van der Waals surface area contributed by atoms with Crippen LogP contribution in [0.4, 0.5) is 17.3 Å². The number of anilines is 3. The van der Waals surface area contributed by atoms with Gasteiger partial charge in [-0.3, -0.25) is 4.79 Å². The summed E-state index contributed by atoms with van der Waals surface area (Å²) in [7, 11) is 3.54. The van der Waals surface area contributed by atoms with E-state index in [1.54, 1.807) is 19.0 Å². The molecule has 3 rings (SSSR count). The summed E-state index contributed by atoms with van der Waals surface area (Å²) in [5, 5.41) is 3.33. The molecule has 0 spiro atoms. The average Bonchev–Trinajstić information content (AvgIpc) is 2.77. The minimum Gasteiger partial charge on any atom is -0.369 e. The molecule has 1 amide bonds. The van der Waals surface area contributed by atoms with Gasteiger partial charge in [-0.1, -0.05) is 32.0 Å². The molecule has 1 aromatic heterocycles. The molecule has 6 nitrogen and oxygen atoms in total. The van der Waals surface area contributed by atoms with Gasteiger partial charge in [-0.15, -0.1) is 12.4 Å². The minimum absolute atomic E-state index is 0. The Morgan fingerprint density at radius 3 is 2.33 bits per heavy atom. The number of nitrogens with one attached hydrogen (secondary N) is 1. The number of amides is 1. The fraction of sp³-hybridized carbons (Fsp3) is 0.478. The van der Waals surface area contributed by atoms with Crippen molar-refractivity contribution in [1.29, 1.82) is 0 Å². The number of para-hydroxylation sites is 1. The average molecular weight is 432 g/mol. The molecule has 1 aliphatic rings. The Bertz CT molecular complexity index is 834. The molecule has 2 heterocycles. The first-order valence-electron chi connectivity index (χ1n) is 10.6. The van der Waals surface area contributed by atoms with E-state index in [9.17, 15) is 4.79 Å². The lowest BCUT2D eigenvalue weighted by Gasteiger charge is -2.37. The normalized spacial score (nSPS) is 13.6. The quantitative estimate of drug-likeness (QED) is 0.720. The van der Waals surface area contributed by atoms with Crippen molar-refractivity contribution in [3.8, 4) is 0 Å². The van der Waals surface area contributed by atoms with E-state index < -0.39 is 0 Å². The Hall–Kier alpha value is -2.47. The standard InChI is InChI=1S/C23H33N5O.ClH/c1-5-13-24-22-19(23(29)26(3)4)11-12-21(25-22)28-16-14-27(15-17-28)20-10-8-7-9-18(20)6-2;/h7-12H,5-6,13-17H2,1-4H3,(H,24,25);1H. The van der Waals surface area contributed by atoms with Crippen LogP contribution in [-0.4, -0.2) is 62.6 Å². The van der Waals surface area contributed by atoms with Crippen molar-refractivity contribution in [3.05, 3.63) is 47.5 Å². The zero-order chi connectivity index (χ0) is 20.8. The highest BCUT2D eigenvalue weighted by Crippen LogP contribution is 2.25. The molecule has 0 unspecified atom stereocenters. The molecule has 0 bridgehead atoms. The molecular weight excluding hydrogens is 398 g/mol. The number of nitrogens with zero attached hydrogens (tertiary/aromatic N) is 4. The SMILES string of the molecule is CCCNc1nc(N2CCN(c3ccccc3CC)CC2)ccc1C(=O)N(C)C.Cl. The van der Waals surface area contributed by atoms with Gasteiger partial charge in [-0.2, -0.15) is 0 Å². The van der Waals surface area contributed by atoms with E-state index in [4.69, 9.17) is 4.98 Å². The van der Waals surface area contributed by atoms with Gasteiger partial charge in [0.1, 0.15) is 11.6 Å². The molecule has 0 saturated carbocycles. The van der Waals surface area contributed by atoms with Gasteiger partial charge < -0.3 is 20.0 Å². The van der Waals surface area contributed by atoms with Gasteiger partial charge in [0.25, 0.3) is 5.91 Å². The number of hydrogen-bond acceptors (Lipinski definition) is 5. The fourth-order valence-corrected chi connectivity index (χ4v) is 3.71. The number of pyridine rings is 1. The van der Waals surface area contributed by atoms with Crippen LogP contribution >= 0.6 is 12.4 Å². The van der Waals surface area contributed by atoms with Gasteiger partial charge in [0.2, 0.25) is 0 Å². The first kappa shape index (κ1) is 23.8. The number of carbonyl (C=O) groups is 1. The van der Waals surface area contributed by atoms with E-state index >= 15 is 0 Å². The van der Waals surface area contributed by atoms with Gasteiger partial charge in [0, 0.05) is 52.5 Å². The summed E-state index contributed by atoms with van der Waals surface area (Å²) in [4.78, 5) is 23.7. The summed E-state index contributed by atoms with van der Waals surface area (Å²) < 4.78 is 0. The molecule has 30 heavy (non-hydrogen) atoms. The van der Waals surface area contributed by atoms with E-state index in [-0.39, 0.29) is 18.3 Å². The molecule has 164 valence electrons. The van der Waals surface area contributed by atoms with Crippen LogP contribution in [0.15, 0.2) is 36.4 Å². The van der Waals surface area contributed by atoms with E-state index in [1.165, 1.54) is 11.3 Å². The topological polar surface area (TPSA) is 51.7 Å². The maximum absolute atomic E-state index is 12.5. The molecule has 2 aromatic rings. The van der Waals surface area contributed by atoms with Crippen molar-refractivity contribution >= 4 is 35.6 Å². The van der Waals surface area contributed by atoms with Crippen molar-refractivity contribution in [1.82, 2.24) is 9.88 Å². The second kappa shape index (κ2) is 11.1. The van der Waals surface area contributed by atoms with Gasteiger partial charge in [0.15, 0.2) is 0 Å². The number of aromatic nitrogens is 1. The van der Waals surface area contributed by atoms with Crippen molar-refractivity contribution in [2.24, 2.45) is 0 Å². The summed E-state index contributed by atoms with van der Waals surface area (Å²) >= 11 is 0. The smallest absolute Gasteiger partial charge is 0.257 e. The predicted molar refractivity (Wildman–Crippen MR) is 129 cm³/mol. The molecule has 1 fully saturated rings. The first-order valence-corrected chi connectivity index (χ1v) is 10.6. The molecular formula is C23H34ClN5O. The van der Waals surface area contributed by atoms with Gasteiger partial charge in [0.05, 0.1) is 5.56 Å². The van der Waals surface area contributed by atoms with Crippen molar-refractivity contribution in [3.63, 3.8) is 0 Å². The molecule has 0 radical (unpaired) electrons. The molecule has 1 saturated heterocycles. The van der Waals surface area contributed by atoms with Crippen LogP contribution in [0.25, 0.3) is 0 Å². The summed E-state index contributed by atoms with van der Waals surface area (Å²) in [6.45, 7) is 8.88. The van der Waals surface area contributed by atoms with Crippen molar-refractivity contribution < 1.29 is 4.79 Å². The van der Waals surface area contributed by atoms with Crippen LogP contribution in [0.5, 0.6) is 0 Å². The summed E-state index contributed by atoms with van der Waals surface area (Å²) in [6, 6.07) is 12.6. The third-order valence-corrected chi connectivity index (χ3v) is 5.38. The molecule has 7 heteroatoms. The Morgan fingerprint density at radius 1 is 1.03 bits per heavy atom. The summed E-state index contributed by atoms with van der Waals surface area (Å²) in [5.41, 5.74) is 3.37. The second-order valence-electron chi connectivity index (χ2n) is 7.65. The number of piperazine rings is 1. The monoisotopic (exact) mass is 431 g/mol. The number of rotatable bonds is 7. The highest BCUT2D eigenvalue weighted by atomic mass is 35.5. The van der Waals surface area contributed by atoms with Crippen LogP contribution in [-0.2, 0) is 6.42 Å². The molecule has 0 aliphatic carbocycles. The number of hydrogen-bond donors (Lipinski definition) is 1. The third kappa shape index (κ3) is 5.36. The van der Waals surface area contributed by atoms with Crippen LogP contribution < -0.4 is 15.1 Å². The Balaban J connectivity index is 0.00000320. The number of carbonyl (C=O) groups excluding carboxylic acids is 1. The maximum atomic E-state index is 12.5. The highest BCUT2D eigenvalue weighted by molar-refractivity contribution is 5.98. The molecule has 0 atom stereocenters. The third-order valence-electron chi connectivity index (χ3n) is 5.38. The van der Waals surface area contributed by atoms with E-state index in [0.29, 0.717) is 11.4 Å². The van der Waals surface area contributed by atoms with Crippen molar-refractivity contribution in [2.75, 3.05) is 61.9 Å². The fourth-order valence-electron chi connectivity index (χ4n) is 3.71. The molecule has 1 aliphatic heterocycles. The Kier molecular flexibility index (Phi) is 8.78. The van der Waals surface area contributed by atoms with Crippen LogP contribution in [0.1, 0.15) is 36.2 Å². The Morgan fingerprint density at radius 2 is 1.70 bits per heavy atom. The maximum Gasteiger partial charge on any atom is 0.257 e. The van der Waals surface area contributed by atoms with Gasteiger partial charge in [-0.05, 0) is 36.6 Å². The van der Waals surface area contributed by atoms with Crippen molar-refractivity contribution in [2.45, 2.75) is 26.7 Å². The summed E-state index contributed by atoms with van der Waals surface area (Å²) in [6.07, 6.45) is 2.03. The lowest BCUT2D eigenvalue weighted by molar-refractivity contribution is 0.0828. The lowest BCUT2D eigenvalue weighted by atomic mass is 10.1. The summed E-state index contributed by atoms with van der Waals surface area (Å²) in [5.74, 6) is 1.59. The molecule has 1 aromatic carbocycles. The predicted octanol–water partition coefficient (Wildman–Crippen LogP) is 3.92.